The largest absolute Gasteiger partial charge is 0.337 e. The Morgan fingerprint density at radius 1 is 1.29 bits per heavy atom. The smallest absolute Gasteiger partial charge is 0.246 e. The SMILES string of the molecule is Cc1nc2ccccc2n1C1CCN(C(=O)C=Cc2cccs2)C1. The van der Waals surface area contributed by atoms with Crippen molar-refractivity contribution in [3.05, 3.63) is 58.6 Å². The molecule has 1 aliphatic heterocycles. The molecule has 0 radical (unpaired) electrons. The van der Waals surface area contributed by atoms with Crippen molar-refractivity contribution in [3.8, 4) is 0 Å². The molecule has 1 atom stereocenters. The van der Waals surface area contributed by atoms with Gasteiger partial charge >= 0.3 is 0 Å². The number of benzene rings is 1. The van der Waals surface area contributed by atoms with Crippen LogP contribution in [0.1, 0.15) is 23.2 Å². The minimum atomic E-state index is 0.0907. The molecule has 1 amide bonds. The van der Waals surface area contributed by atoms with Gasteiger partial charge in [0, 0.05) is 24.0 Å². The molecule has 4 rings (SSSR count). The number of aromatic nitrogens is 2. The molecule has 1 aromatic carbocycles. The summed E-state index contributed by atoms with van der Waals surface area (Å²) >= 11 is 1.64. The van der Waals surface area contributed by atoms with Crippen LogP contribution in [0, 0.1) is 6.92 Å². The summed E-state index contributed by atoms with van der Waals surface area (Å²) in [6.45, 7) is 3.58. The van der Waals surface area contributed by atoms with E-state index in [1.54, 1.807) is 17.4 Å². The van der Waals surface area contributed by atoms with Gasteiger partial charge in [-0.3, -0.25) is 4.79 Å². The Labute approximate surface area is 145 Å². The van der Waals surface area contributed by atoms with E-state index >= 15 is 0 Å². The quantitative estimate of drug-likeness (QED) is 0.680. The zero-order chi connectivity index (χ0) is 16.5. The minimum absolute atomic E-state index is 0.0907. The van der Waals surface area contributed by atoms with Crippen LogP contribution in [0.4, 0.5) is 0 Å². The van der Waals surface area contributed by atoms with Gasteiger partial charge in [0.2, 0.25) is 5.91 Å². The summed E-state index contributed by atoms with van der Waals surface area (Å²) in [5.74, 6) is 1.11. The number of carbonyl (C=O) groups excluding carboxylic acids is 1. The number of nitrogens with zero attached hydrogens (tertiary/aromatic N) is 3. The molecular formula is C19H19N3OS. The number of aryl methyl sites for hydroxylation is 1. The number of thiophene rings is 1. The standard InChI is InChI=1S/C19H19N3OS/c1-14-20-17-6-2-3-7-18(17)22(14)15-10-11-21(13-15)19(23)9-8-16-5-4-12-24-16/h2-9,12,15H,10-11,13H2,1H3. The lowest BCUT2D eigenvalue weighted by Gasteiger charge is -2.17. The van der Waals surface area contributed by atoms with Crippen LogP contribution in [0.25, 0.3) is 17.1 Å². The molecule has 0 bridgehead atoms. The maximum Gasteiger partial charge on any atom is 0.246 e. The van der Waals surface area contributed by atoms with Gasteiger partial charge in [0.15, 0.2) is 0 Å². The topological polar surface area (TPSA) is 38.1 Å². The molecule has 3 aromatic rings. The Morgan fingerprint density at radius 3 is 3.00 bits per heavy atom. The number of imidazole rings is 1. The van der Waals surface area contributed by atoms with E-state index in [1.165, 1.54) is 0 Å². The summed E-state index contributed by atoms with van der Waals surface area (Å²) in [7, 11) is 0. The normalized spacial score (nSPS) is 18.0. The predicted molar refractivity (Wildman–Crippen MR) is 98.1 cm³/mol. The maximum absolute atomic E-state index is 12.4. The number of carbonyl (C=O) groups is 1. The average molecular weight is 337 g/mol. The van der Waals surface area contributed by atoms with Crippen LogP contribution in [0.5, 0.6) is 0 Å². The van der Waals surface area contributed by atoms with Gasteiger partial charge in [0.25, 0.3) is 0 Å². The number of para-hydroxylation sites is 2. The number of rotatable bonds is 3. The highest BCUT2D eigenvalue weighted by Crippen LogP contribution is 2.28. The van der Waals surface area contributed by atoms with Gasteiger partial charge < -0.3 is 9.47 Å². The first-order chi connectivity index (χ1) is 11.7. The monoisotopic (exact) mass is 337 g/mol. The van der Waals surface area contributed by atoms with Crippen molar-refractivity contribution in [1.82, 2.24) is 14.5 Å². The van der Waals surface area contributed by atoms with Crippen LogP contribution in [0.2, 0.25) is 0 Å². The zero-order valence-electron chi connectivity index (χ0n) is 13.6. The lowest BCUT2D eigenvalue weighted by Crippen LogP contribution is -2.27. The molecule has 1 fully saturated rings. The van der Waals surface area contributed by atoms with E-state index in [0.717, 1.165) is 41.2 Å². The average Bonchev–Trinajstić information content (AvgIpc) is 3.31. The van der Waals surface area contributed by atoms with E-state index in [9.17, 15) is 4.79 Å². The Kier molecular flexibility index (Phi) is 3.94. The van der Waals surface area contributed by atoms with E-state index in [4.69, 9.17) is 0 Å². The summed E-state index contributed by atoms with van der Waals surface area (Å²) in [5, 5.41) is 2.02. The van der Waals surface area contributed by atoms with Gasteiger partial charge in [0.05, 0.1) is 17.1 Å². The molecule has 1 aliphatic rings. The molecule has 1 saturated heterocycles. The van der Waals surface area contributed by atoms with Crippen molar-refractivity contribution >= 4 is 34.4 Å². The molecule has 0 N–H and O–H groups in total. The van der Waals surface area contributed by atoms with E-state index in [0.29, 0.717) is 6.04 Å². The number of hydrogen-bond acceptors (Lipinski definition) is 3. The van der Waals surface area contributed by atoms with Gasteiger partial charge in [-0.1, -0.05) is 18.2 Å². The minimum Gasteiger partial charge on any atom is -0.337 e. The second-order valence-electron chi connectivity index (χ2n) is 6.09. The van der Waals surface area contributed by atoms with Crippen molar-refractivity contribution < 1.29 is 4.79 Å². The molecule has 2 aromatic heterocycles. The van der Waals surface area contributed by atoms with Crippen molar-refractivity contribution in [1.29, 1.82) is 0 Å². The summed E-state index contributed by atoms with van der Waals surface area (Å²) in [6.07, 6.45) is 4.56. The summed E-state index contributed by atoms with van der Waals surface area (Å²) in [4.78, 5) is 20.1. The second-order valence-corrected chi connectivity index (χ2v) is 7.07. The third-order valence-corrected chi connectivity index (χ3v) is 5.38. The van der Waals surface area contributed by atoms with Gasteiger partial charge in [-0.05, 0) is 43.0 Å². The molecule has 122 valence electrons. The number of likely N-dealkylation sites (tertiary alicyclic amines) is 1. The summed E-state index contributed by atoms with van der Waals surface area (Å²) < 4.78 is 2.28. The molecule has 0 spiro atoms. The van der Waals surface area contributed by atoms with Crippen molar-refractivity contribution in [3.63, 3.8) is 0 Å². The lowest BCUT2D eigenvalue weighted by atomic mass is 10.2. The van der Waals surface area contributed by atoms with Gasteiger partial charge in [0.1, 0.15) is 5.82 Å². The highest BCUT2D eigenvalue weighted by Gasteiger charge is 2.28. The van der Waals surface area contributed by atoms with Gasteiger partial charge in [-0.25, -0.2) is 4.98 Å². The van der Waals surface area contributed by atoms with Crippen LogP contribution in [-0.2, 0) is 4.79 Å². The second kappa shape index (κ2) is 6.24. The predicted octanol–water partition coefficient (Wildman–Crippen LogP) is 3.89. The van der Waals surface area contributed by atoms with Gasteiger partial charge in [-0.2, -0.15) is 0 Å². The Balaban J connectivity index is 1.51. The third kappa shape index (κ3) is 2.76. The molecule has 3 heterocycles. The number of hydrogen-bond donors (Lipinski definition) is 0. The molecule has 0 aliphatic carbocycles. The highest BCUT2D eigenvalue weighted by molar-refractivity contribution is 7.10. The molecule has 5 heteroatoms. The first-order valence-electron chi connectivity index (χ1n) is 8.16. The highest BCUT2D eigenvalue weighted by atomic mass is 32.1. The van der Waals surface area contributed by atoms with Crippen LogP contribution in [-0.4, -0.2) is 33.4 Å². The van der Waals surface area contributed by atoms with E-state index in [2.05, 4.69) is 15.6 Å². The Morgan fingerprint density at radius 2 is 2.17 bits per heavy atom. The summed E-state index contributed by atoms with van der Waals surface area (Å²) in [5.41, 5.74) is 2.18. The van der Waals surface area contributed by atoms with Gasteiger partial charge in [-0.15, -0.1) is 11.3 Å². The third-order valence-electron chi connectivity index (χ3n) is 4.55. The Hall–Kier alpha value is -2.40. The van der Waals surface area contributed by atoms with Crippen molar-refractivity contribution in [2.75, 3.05) is 13.1 Å². The zero-order valence-corrected chi connectivity index (χ0v) is 14.4. The fourth-order valence-corrected chi connectivity index (χ4v) is 4.04. The lowest BCUT2D eigenvalue weighted by molar-refractivity contribution is -0.125. The van der Waals surface area contributed by atoms with Crippen LogP contribution >= 0.6 is 11.3 Å². The fraction of sp³-hybridized carbons (Fsp3) is 0.263. The Bertz CT molecular complexity index is 895. The van der Waals surface area contributed by atoms with E-state index in [-0.39, 0.29) is 5.91 Å². The molecule has 0 saturated carbocycles. The van der Waals surface area contributed by atoms with Crippen LogP contribution in [0.3, 0.4) is 0 Å². The fourth-order valence-electron chi connectivity index (χ4n) is 3.42. The first kappa shape index (κ1) is 15.1. The van der Waals surface area contributed by atoms with E-state index in [1.807, 2.05) is 53.6 Å². The van der Waals surface area contributed by atoms with Crippen molar-refractivity contribution in [2.24, 2.45) is 0 Å². The van der Waals surface area contributed by atoms with Crippen LogP contribution in [0.15, 0.2) is 47.9 Å². The number of fused-ring (bicyclic) bond motifs is 1. The molecule has 24 heavy (non-hydrogen) atoms. The summed E-state index contributed by atoms with van der Waals surface area (Å²) in [6, 6.07) is 12.5. The first-order valence-corrected chi connectivity index (χ1v) is 9.04. The molecule has 1 unspecified atom stereocenters. The molecule has 4 nitrogen and oxygen atoms in total. The maximum atomic E-state index is 12.4. The van der Waals surface area contributed by atoms with Crippen molar-refractivity contribution in [2.45, 2.75) is 19.4 Å². The molecular weight excluding hydrogens is 318 g/mol. The van der Waals surface area contributed by atoms with E-state index < -0.39 is 0 Å². The number of amides is 1. The van der Waals surface area contributed by atoms with Crippen LogP contribution < -0.4 is 0 Å².